The van der Waals surface area contributed by atoms with Crippen LogP contribution < -0.4 is 16.2 Å². The van der Waals surface area contributed by atoms with Crippen LogP contribution in [0.2, 0.25) is 0 Å². The van der Waals surface area contributed by atoms with E-state index in [4.69, 9.17) is 0 Å². The van der Waals surface area contributed by atoms with E-state index in [1.165, 1.54) is 10.6 Å². The highest BCUT2D eigenvalue weighted by atomic mass is 79.9. The summed E-state index contributed by atoms with van der Waals surface area (Å²) in [6, 6.07) is 3.10. The quantitative estimate of drug-likeness (QED) is 0.819. The van der Waals surface area contributed by atoms with E-state index < -0.39 is 0 Å². The van der Waals surface area contributed by atoms with Crippen molar-refractivity contribution in [3.63, 3.8) is 0 Å². The zero-order valence-corrected chi connectivity index (χ0v) is 10.9. The van der Waals surface area contributed by atoms with Gasteiger partial charge >= 0.3 is 0 Å². The van der Waals surface area contributed by atoms with Gasteiger partial charge in [-0.25, -0.2) is 0 Å². The van der Waals surface area contributed by atoms with Gasteiger partial charge in [0, 0.05) is 42.3 Å². The summed E-state index contributed by atoms with van der Waals surface area (Å²) in [6.07, 6.45) is 1.62. The Hall–Kier alpha value is -1.14. The summed E-state index contributed by atoms with van der Waals surface area (Å²) in [7, 11) is 0. The summed E-state index contributed by atoms with van der Waals surface area (Å²) >= 11 is 3.27. The van der Waals surface area contributed by atoms with E-state index in [1.807, 2.05) is 0 Å². The molecule has 1 amide bonds. The molecule has 2 heterocycles. The van der Waals surface area contributed by atoms with E-state index in [2.05, 4.69) is 26.6 Å². The molecule has 1 aromatic heterocycles. The lowest BCUT2D eigenvalue weighted by atomic mass is 10.0. The number of aromatic nitrogens is 1. The number of carbonyl (C=O) groups excluding carboxylic acids is 1. The Morgan fingerprint density at radius 2 is 2.29 bits per heavy atom. The summed E-state index contributed by atoms with van der Waals surface area (Å²) in [4.78, 5) is 23.1. The van der Waals surface area contributed by atoms with Crippen LogP contribution in [0.5, 0.6) is 0 Å². The number of halogens is 1. The summed E-state index contributed by atoms with van der Waals surface area (Å²) in [5, 5.41) is 5.96. The molecular weight excluding hydrogens is 286 g/mol. The third kappa shape index (κ3) is 3.41. The Morgan fingerprint density at radius 1 is 1.53 bits per heavy atom. The highest BCUT2D eigenvalue weighted by Crippen LogP contribution is 2.04. The second-order valence-corrected chi connectivity index (χ2v) is 5.06. The van der Waals surface area contributed by atoms with Crippen molar-refractivity contribution in [2.24, 2.45) is 5.92 Å². The van der Waals surface area contributed by atoms with Crippen LogP contribution in [0.1, 0.15) is 0 Å². The first-order valence-corrected chi connectivity index (χ1v) is 6.28. The topological polar surface area (TPSA) is 63.1 Å². The second-order valence-electron chi connectivity index (χ2n) is 4.14. The van der Waals surface area contributed by atoms with Crippen LogP contribution >= 0.6 is 15.9 Å². The van der Waals surface area contributed by atoms with Gasteiger partial charge in [-0.2, -0.15) is 0 Å². The summed E-state index contributed by atoms with van der Waals surface area (Å²) in [5.74, 6) is 0.398. The summed E-state index contributed by atoms with van der Waals surface area (Å²) < 4.78 is 2.17. The Morgan fingerprint density at radius 3 is 2.94 bits per heavy atom. The lowest BCUT2D eigenvalue weighted by Crippen LogP contribution is -2.48. The van der Waals surface area contributed by atoms with E-state index >= 15 is 0 Å². The number of hydrogen-bond acceptors (Lipinski definition) is 3. The number of pyridine rings is 1. The number of rotatable bonds is 4. The fraction of sp³-hybridized carbons (Fsp3) is 0.455. The molecule has 1 aliphatic rings. The molecule has 5 nitrogen and oxygen atoms in total. The van der Waals surface area contributed by atoms with Gasteiger partial charge in [-0.3, -0.25) is 9.59 Å². The van der Waals surface area contributed by atoms with Gasteiger partial charge in [0.15, 0.2) is 0 Å². The molecular formula is C11H14BrN3O2. The fourth-order valence-corrected chi connectivity index (χ4v) is 1.97. The molecule has 0 bridgehead atoms. The predicted molar refractivity (Wildman–Crippen MR) is 67.8 cm³/mol. The lowest BCUT2D eigenvalue weighted by Gasteiger charge is -2.27. The number of carbonyl (C=O) groups is 1. The van der Waals surface area contributed by atoms with E-state index in [1.54, 1.807) is 12.3 Å². The molecule has 0 radical (unpaired) electrons. The van der Waals surface area contributed by atoms with Gasteiger partial charge < -0.3 is 15.2 Å². The normalized spacial score (nSPS) is 15.4. The third-order valence-electron chi connectivity index (χ3n) is 2.72. The van der Waals surface area contributed by atoms with Gasteiger partial charge in [0.1, 0.15) is 6.54 Å². The molecule has 1 saturated heterocycles. The molecule has 2 N–H and O–H groups in total. The maximum absolute atomic E-state index is 11.6. The molecule has 1 fully saturated rings. The SMILES string of the molecule is O=C(Cn1cc(Br)ccc1=O)NCC1CNC1. The van der Waals surface area contributed by atoms with Gasteiger partial charge in [0.2, 0.25) is 5.91 Å². The fourth-order valence-electron chi connectivity index (χ4n) is 1.59. The molecule has 0 aliphatic carbocycles. The van der Waals surface area contributed by atoms with E-state index in [0.29, 0.717) is 12.5 Å². The van der Waals surface area contributed by atoms with E-state index in [-0.39, 0.29) is 18.0 Å². The van der Waals surface area contributed by atoms with Crippen LogP contribution in [0.25, 0.3) is 0 Å². The molecule has 1 aromatic rings. The van der Waals surface area contributed by atoms with Crippen LogP contribution in [0, 0.1) is 5.92 Å². The largest absolute Gasteiger partial charge is 0.354 e. The molecule has 0 unspecified atom stereocenters. The molecule has 1 aliphatic heterocycles. The minimum Gasteiger partial charge on any atom is -0.354 e. The van der Waals surface area contributed by atoms with Gasteiger partial charge in [-0.05, 0) is 22.0 Å². The van der Waals surface area contributed by atoms with Crippen molar-refractivity contribution in [1.82, 2.24) is 15.2 Å². The number of nitrogens with one attached hydrogen (secondary N) is 2. The zero-order chi connectivity index (χ0) is 12.3. The predicted octanol–water partition coefficient (Wildman–Crippen LogP) is -0.0536. The highest BCUT2D eigenvalue weighted by Gasteiger charge is 2.17. The monoisotopic (exact) mass is 299 g/mol. The summed E-state index contributed by atoms with van der Waals surface area (Å²) in [6.45, 7) is 2.65. The molecule has 92 valence electrons. The van der Waals surface area contributed by atoms with Crippen LogP contribution in [0.15, 0.2) is 27.6 Å². The van der Waals surface area contributed by atoms with Crippen molar-refractivity contribution in [3.05, 3.63) is 33.2 Å². The maximum atomic E-state index is 11.6. The molecule has 0 atom stereocenters. The van der Waals surface area contributed by atoms with Crippen molar-refractivity contribution in [2.75, 3.05) is 19.6 Å². The number of hydrogen-bond donors (Lipinski definition) is 2. The van der Waals surface area contributed by atoms with Crippen molar-refractivity contribution in [3.8, 4) is 0 Å². The molecule has 6 heteroatoms. The lowest BCUT2D eigenvalue weighted by molar-refractivity contribution is -0.122. The standard InChI is InChI=1S/C11H14BrN3O2/c12-9-1-2-11(17)15(6-9)7-10(16)14-5-8-3-13-4-8/h1-2,6,8,13H,3-5,7H2,(H,14,16). The van der Waals surface area contributed by atoms with Gasteiger partial charge in [-0.15, -0.1) is 0 Å². The average molecular weight is 300 g/mol. The van der Waals surface area contributed by atoms with Crippen molar-refractivity contribution in [1.29, 1.82) is 0 Å². The van der Waals surface area contributed by atoms with Gasteiger partial charge in [0.05, 0.1) is 0 Å². The molecule has 17 heavy (non-hydrogen) atoms. The van der Waals surface area contributed by atoms with Crippen LogP contribution in [0.4, 0.5) is 0 Å². The van der Waals surface area contributed by atoms with Crippen molar-refractivity contribution >= 4 is 21.8 Å². The van der Waals surface area contributed by atoms with Crippen molar-refractivity contribution in [2.45, 2.75) is 6.54 Å². The average Bonchev–Trinajstić information content (AvgIpc) is 2.21. The maximum Gasteiger partial charge on any atom is 0.251 e. The zero-order valence-electron chi connectivity index (χ0n) is 9.28. The molecule has 0 spiro atoms. The Balaban J connectivity index is 1.88. The first-order valence-electron chi connectivity index (χ1n) is 5.48. The van der Waals surface area contributed by atoms with E-state index in [0.717, 1.165) is 17.6 Å². The first-order chi connectivity index (χ1) is 8.15. The summed E-state index contributed by atoms with van der Waals surface area (Å²) in [5.41, 5.74) is -0.173. The Bertz CT molecular complexity index is 468. The van der Waals surface area contributed by atoms with Crippen LogP contribution in [0.3, 0.4) is 0 Å². The Kier molecular flexibility index (Phi) is 3.96. The van der Waals surface area contributed by atoms with E-state index in [9.17, 15) is 9.59 Å². The molecule has 0 saturated carbocycles. The van der Waals surface area contributed by atoms with Gasteiger partial charge in [0.25, 0.3) is 5.56 Å². The number of amides is 1. The van der Waals surface area contributed by atoms with Crippen LogP contribution in [-0.2, 0) is 11.3 Å². The number of nitrogens with zero attached hydrogens (tertiary/aromatic N) is 1. The highest BCUT2D eigenvalue weighted by molar-refractivity contribution is 9.10. The molecule has 2 rings (SSSR count). The first kappa shape index (κ1) is 12.3. The Labute approximate surface area is 107 Å². The minimum atomic E-state index is -0.173. The van der Waals surface area contributed by atoms with Crippen molar-refractivity contribution < 1.29 is 4.79 Å². The van der Waals surface area contributed by atoms with Crippen LogP contribution in [-0.4, -0.2) is 30.1 Å². The molecule has 0 aromatic carbocycles. The minimum absolute atomic E-state index is 0.0679. The smallest absolute Gasteiger partial charge is 0.251 e. The third-order valence-corrected chi connectivity index (χ3v) is 3.18. The van der Waals surface area contributed by atoms with Gasteiger partial charge in [-0.1, -0.05) is 0 Å². The second kappa shape index (κ2) is 5.46.